The predicted molar refractivity (Wildman–Crippen MR) is 61.4 cm³/mol. The number of nitrogens with zero attached hydrogens (tertiary/aromatic N) is 3. The van der Waals surface area contributed by atoms with Crippen LogP contribution in [0.1, 0.15) is 13.8 Å². The average Bonchev–Trinajstić information content (AvgIpc) is 2.26. The average molecular weight is 199 g/mol. The van der Waals surface area contributed by atoms with Crippen molar-refractivity contribution in [2.75, 3.05) is 0 Å². The van der Waals surface area contributed by atoms with Gasteiger partial charge in [-0.15, -0.1) is 0 Å². The largest absolute Gasteiger partial charge is 0.254 e. The van der Waals surface area contributed by atoms with Gasteiger partial charge in [0.25, 0.3) is 0 Å². The van der Waals surface area contributed by atoms with E-state index in [1.54, 1.807) is 6.20 Å². The maximum absolute atomic E-state index is 4.31. The van der Waals surface area contributed by atoms with E-state index in [-0.39, 0.29) is 6.04 Å². The van der Waals surface area contributed by atoms with Crippen molar-refractivity contribution < 1.29 is 0 Å². The Labute approximate surface area is 88.9 Å². The fourth-order valence-electron chi connectivity index (χ4n) is 1.35. The smallest absolute Gasteiger partial charge is 0.111 e. The van der Waals surface area contributed by atoms with Crippen LogP contribution in [-0.4, -0.2) is 11.0 Å². The van der Waals surface area contributed by atoms with Gasteiger partial charge in [0.1, 0.15) is 5.69 Å². The molecule has 0 bridgehead atoms. The Balaban J connectivity index is 2.51. The van der Waals surface area contributed by atoms with Crippen LogP contribution in [0.4, 0.5) is 5.69 Å². The molecule has 0 saturated heterocycles. The van der Waals surface area contributed by atoms with Crippen LogP contribution in [0.3, 0.4) is 0 Å². The molecule has 3 nitrogen and oxygen atoms in total. The van der Waals surface area contributed by atoms with E-state index in [2.05, 4.69) is 15.2 Å². The highest BCUT2D eigenvalue weighted by Crippen LogP contribution is 2.23. The molecule has 0 fully saturated rings. The summed E-state index contributed by atoms with van der Waals surface area (Å²) < 4.78 is 0. The molecule has 0 unspecified atom stereocenters. The molecule has 0 amide bonds. The lowest BCUT2D eigenvalue weighted by molar-refractivity contribution is 0.779. The van der Waals surface area contributed by atoms with Crippen LogP contribution in [-0.2, 0) is 0 Å². The van der Waals surface area contributed by atoms with Crippen LogP contribution in [0.15, 0.2) is 46.8 Å². The van der Waals surface area contributed by atoms with Crippen LogP contribution in [0.25, 0.3) is 10.9 Å². The third-order valence-electron chi connectivity index (χ3n) is 2.01. The van der Waals surface area contributed by atoms with Gasteiger partial charge in [-0.2, -0.15) is 10.2 Å². The Morgan fingerprint density at radius 1 is 1.13 bits per heavy atom. The first-order valence-corrected chi connectivity index (χ1v) is 5.02. The van der Waals surface area contributed by atoms with Crippen LogP contribution in [0, 0.1) is 0 Å². The van der Waals surface area contributed by atoms with Gasteiger partial charge >= 0.3 is 0 Å². The number of pyridine rings is 1. The molecule has 0 atom stereocenters. The number of benzene rings is 1. The summed E-state index contributed by atoms with van der Waals surface area (Å²) >= 11 is 0. The van der Waals surface area contributed by atoms with E-state index < -0.39 is 0 Å². The quantitative estimate of drug-likeness (QED) is 0.679. The molecule has 0 aliphatic rings. The lowest BCUT2D eigenvalue weighted by Gasteiger charge is -1.99. The van der Waals surface area contributed by atoms with Gasteiger partial charge in [-0.3, -0.25) is 4.98 Å². The SMILES string of the molecule is CC(C)/N=N/c1cccc2cccnc12. The highest BCUT2D eigenvalue weighted by atomic mass is 15.1. The maximum atomic E-state index is 4.31. The summed E-state index contributed by atoms with van der Waals surface area (Å²) in [7, 11) is 0. The number of hydrogen-bond acceptors (Lipinski definition) is 3. The Bertz CT molecular complexity index is 484. The van der Waals surface area contributed by atoms with Crippen molar-refractivity contribution in [1.29, 1.82) is 0 Å². The first-order valence-electron chi connectivity index (χ1n) is 5.02. The number of rotatable bonds is 2. The van der Waals surface area contributed by atoms with Crippen molar-refractivity contribution in [2.45, 2.75) is 19.9 Å². The number of aromatic nitrogens is 1. The molecule has 0 radical (unpaired) electrons. The summed E-state index contributed by atoms with van der Waals surface area (Å²) in [4.78, 5) is 4.31. The Kier molecular flexibility index (Phi) is 2.72. The van der Waals surface area contributed by atoms with Crippen molar-refractivity contribution in [3.63, 3.8) is 0 Å². The summed E-state index contributed by atoms with van der Waals surface area (Å²) in [5.74, 6) is 0. The summed E-state index contributed by atoms with van der Waals surface area (Å²) in [5, 5.41) is 9.42. The molecule has 2 aromatic rings. The summed E-state index contributed by atoms with van der Waals surface area (Å²) in [6.45, 7) is 4.00. The summed E-state index contributed by atoms with van der Waals surface area (Å²) in [6.07, 6.45) is 1.77. The van der Waals surface area contributed by atoms with Gasteiger partial charge in [0, 0.05) is 11.6 Å². The van der Waals surface area contributed by atoms with Crippen LogP contribution >= 0.6 is 0 Å². The first-order chi connectivity index (χ1) is 7.27. The minimum atomic E-state index is 0.212. The number of azo groups is 1. The maximum Gasteiger partial charge on any atom is 0.111 e. The normalized spacial score (nSPS) is 11.7. The van der Waals surface area contributed by atoms with Gasteiger partial charge in [0.2, 0.25) is 0 Å². The molecule has 1 aromatic carbocycles. The van der Waals surface area contributed by atoms with Crippen LogP contribution in [0.5, 0.6) is 0 Å². The van der Waals surface area contributed by atoms with Gasteiger partial charge in [-0.05, 0) is 26.0 Å². The minimum absolute atomic E-state index is 0.212. The molecular formula is C12H13N3. The van der Waals surface area contributed by atoms with Crippen molar-refractivity contribution >= 4 is 16.6 Å². The molecule has 15 heavy (non-hydrogen) atoms. The standard InChI is InChI=1S/C12H13N3/c1-9(2)14-15-11-7-3-5-10-6-4-8-13-12(10)11/h3-9H,1-2H3/b15-14+. The van der Waals surface area contributed by atoms with Crippen molar-refractivity contribution in [2.24, 2.45) is 10.2 Å². The van der Waals surface area contributed by atoms with Gasteiger partial charge in [0.15, 0.2) is 0 Å². The number of para-hydroxylation sites is 1. The third-order valence-corrected chi connectivity index (χ3v) is 2.01. The fourth-order valence-corrected chi connectivity index (χ4v) is 1.35. The Morgan fingerprint density at radius 2 is 1.93 bits per heavy atom. The highest BCUT2D eigenvalue weighted by Gasteiger charge is 1.99. The van der Waals surface area contributed by atoms with Crippen molar-refractivity contribution in [3.8, 4) is 0 Å². The van der Waals surface area contributed by atoms with Gasteiger partial charge in [-0.25, -0.2) is 0 Å². The molecule has 0 aliphatic heterocycles. The summed E-state index contributed by atoms with van der Waals surface area (Å²) in [6, 6.07) is 10.1. The third kappa shape index (κ3) is 2.18. The lowest BCUT2D eigenvalue weighted by atomic mass is 10.2. The number of hydrogen-bond donors (Lipinski definition) is 0. The second kappa shape index (κ2) is 4.17. The second-order valence-electron chi connectivity index (χ2n) is 3.66. The molecule has 0 aliphatic carbocycles. The van der Waals surface area contributed by atoms with Gasteiger partial charge in [0.05, 0.1) is 11.6 Å². The molecule has 3 heteroatoms. The minimum Gasteiger partial charge on any atom is -0.254 e. The van der Waals surface area contributed by atoms with Crippen molar-refractivity contribution in [1.82, 2.24) is 4.98 Å². The van der Waals surface area contributed by atoms with E-state index in [9.17, 15) is 0 Å². The fraction of sp³-hybridized carbons (Fsp3) is 0.250. The van der Waals surface area contributed by atoms with E-state index in [0.717, 1.165) is 16.6 Å². The Hall–Kier alpha value is -1.77. The van der Waals surface area contributed by atoms with Crippen LogP contribution < -0.4 is 0 Å². The van der Waals surface area contributed by atoms with E-state index >= 15 is 0 Å². The van der Waals surface area contributed by atoms with Crippen LogP contribution in [0.2, 0.25) is 0 Å². The highest BCUT2D eigenvalue weighted by molar-refractivity contribution is 5.88. The monoisotopic (exact) mass is 199 g/mol. The topological polar surface area (TPSA) is 37.6 Å². The summed E-state index contributed by atoms with van der Waals surface area (Å²) in [5.41, 5.74) is 1.74. The van der Waals surface area contributed by atoms with Gasteiger partial charge < -0.3 is 0 Å². The molecule has 76 valence electrons. The molecule has 0 spiro atoms. The van der Waals surface area contributed by atoms with E-state index in [1.807, 2.05) is 44.2 Å². The van der Waals surface area contributed by atoms with Gasteiger partial charge in [-0.1, -0.05) is 18.2 Å². The molecule has 0 saturated carbocycles. The zero-order chi connectivity index (χ0) is 10.7. The Morgan fingerprint density at radius 3 is 2.73 bits per heavy atom. The van der Waals surface area contributed by atoms with E-state index in [1.165, 1.54) is 0 Å². The second-order valence-corrected chi connectivity index (χ2v) is 3.66. The molecule has 1 aromatic heterocycles. The molecule has 0 N–H and O–H groups in total. The molecule has 1 heterocycles. The number of fused-ring (bicyclic) bond motifs is 1. The zero-order valence-electron chi connectivity index (χ0n) is 8.88. The lowest BCUT2D eigenvalue weighted by Crippen LogP contribution is -1.84. The molecular weight excluding hydrogens is 186 g/mol. The van der Waals surface area contributed by atoms with E-state index in [4.69, 9.17) is 0 Å². The first kappa shape index (κ1) is 9.77. The predicted octanol–water partition coefficient (Wildman–Crippen LogP) is 3.73. The van der Waals surface area contributed by atoms with Crippen molar-refractivity contribution in [3.05, 3.63) is 36.5 Å². The zero-order valence-corrected chi connectivity index (χ0v) is 8.88. The van der Waals surface area contributed by atoms with E-state index in [0.29, 0.717) is 0 Å². The molecule has 2 rings (SSSR count).